The highest BCUT2D eigenvalue weighted by atomic mass is 16.6. The van der Waals surface area contributed by atoms with Gasteiger partial charge in [-0.1, -0.05) is 0 Å². The number of carbonyl (C=O) groups is 1. The zero-order valence-electron chi connectivity index (χ0n) is 15.1. The van der Waals surface area contributed by atoms with Crippen LogP contribution in [0.25, 0.3) is 10.9 Å². The Bertz CT molecular complexity index is 1000. The largest absolute Gasteiger partial charge is 0.309 e. The van der Waals surface area contributed by atoms with E-state index in [1.54, 1.807) is 23.1 Å². The first kappa shape index (κ1) is 18.0. The third-order valence-corrected chi connectivity index (χ3v) is 4.86. The van der Waals surface area contributed by atoms with Crippen LogP contribution >= 0.6 is 0 Å². The maximum Gasteiger partial charge on any atom is 0.271 e. The first-order chi connectivity index (χ1) is 13.6. The van der Waals surface area contributed by atoms with Gasteiger partial charge in [-0.05, 0) is 25.5 Å². The minimum absolute atomic E-state index is 0.0362. The quantitative estimate of drug-likeness (QED) is 0.530. The average Bonchev–Trinajstić information content (AvgIpc) is 3.11. The molecular weight excluding hydrogens is 362 g/mol. The van der Waals surface area contributed by atoms with E-state index in [1.165, 1.54) is 24.5 Å². The predicted molar refractivity (Wildman–Crippen MR) is 101 cm³/mol. The number of nitro benzene ring substituents is 1. The Morgan fingerprint density at radius 2 is 2.21 bits per heavy atom. The minimum atomic E-state index is -0.412. The number of carbonyl (C=O) groups excluding carboxylic acids is 1. The Kier molecular flexibility index (Phi) is 4.94. The van der Waals surface area contributed by atoms with Gasteiger partial charge >= 0.3 is 0 Å². The Balaban J connectivity index is 1.45. The Morgan fingerprint density at radius 1 is 1.32 bits per heavy atom. The van der Waals surface area contributed by atoms with Gasteiger partial charge in [-0.3, -0.25) is 29.5 Å². The Morgan fingerprint density at radius 3 is 3.00 bits per heavy atom. The summed E-state index contributed by atoms with van der Waals surface area (Å²) < 4.78 is 1.74. The molecule has 1 fully saturated rings. The molecule has 28 heavy (non-hydrogen) atoms. The zero-order chi connectivity index (χ0) is 19.5. The van der Waals surface area contributed by atoms with Crippen LogP contribution in [0.2, 0.25) is 0 Å². The minimum Gasteiger partial charge on any atom is -0.309 e. The number of piperidine rings is 1. The molecule has 1 unspecified atom stereocenters. The third kappa shape index (κ3) is 3.81. The number of amides is 1. The highest BCUT2D eigenvalue weighted by Crippen LogP contribution is 2.23. The van der Waals surface area contributed by atoms with Crippen molar-refractivity contribution in [3.63, 3.8) is 0 Å². The molecule has 1 atom stereocenters. The van der Waals surface area contributed by atoms with E-state index >= 15 is 0 Å². The van der Waals surface area contributed by atoms with E-state index in [2.05, 4.69) is 25.3 Å². The summed E-state index contributed by atoms with van der Waals surface area (Å²) in [7, 11) is 0. The third-order valence-electron chi connectivity index (χ3n) is 4.86. The van der Waals surface area contributed by atoms with Crippen LogP contribution in [0.15, 0.2) is 43.0 Å². The van der Waals surface area contributed by atoms with Gasteiger partial charge in [0.25, 0.3) is 5.69 Å². The van der Waals surface area contributed by atoms with Crippen molar-refractivity contribution in [3.05, 3.63) is 53.1 Å². The standard InChI is InChI=1S/C18H19N7O3/c26-18(22-17-10-19-5-6-20-17)14-2-1-7-23(11-14)12-24-16-8-15(25(27)28)4-3-13(16)9-21-24/h3-6,8-10,14H,1-2,7,11-12H2,(H,20,22,26). The summed E-state index contributed by atoms with van der Waals surface area (Å²) in [5, 5.41) is 19.1. The second kappa shape index (κ2) is 7.69. The van der Waals surface area contributed by atoms with Gasteiger partial charge in [-0.2, -0.15) is 5.10 Å². The molecule has 2 aromatic heterocycles. The molecule has 3 aromatic rings. The highest BCUT2D eigenvalue weighted by molar-refractivity contribution is 5.91. The SMILES string of the molecule is O=C(Nc1cnccn1)C1CCCN(Cn2ncc3ccc([N+](=O)[O-])cc32)C1. The summed E-state index contributed by atoms with van der Waals surface area (Å²) in [6, 6.07) is 4.71. The molecule has 1 aromatic carbocycles. The number of nitro groups is 1. The number of benzene rings is 1. The topological polar surface area (TPSA) is 119 Å². The average molecular weight is 381 g/mol. The van der Waals surface area contributed by atoms with E-state index in [-0.39, 0.29) is 17.5 Å². The molecule has 3 heterocycles. The van der Waals surface area contributed by atoms with Crippen molar-refractivity contribution in [2.45, 2.75) is 19.5 Å². The van der Waals surface area contributed by atoms with Gasteiger partial charge in [0, 0.05) is 36.5 Å². The van der Waals surface area contributed by atoms with Gasteiger partial charge < -0.3 is 5.32 Å². The molecule has 144 valence electrons. The first-order valence-electron chi connectivity index (χ1n) is 8.99. The van der Waals surface area contributed by atoms with Crippen LogP contribution in [0.4, 0.5) is 11.5 Å². The molecule has 0 spiro atoms. The van der Waals surface area contributed by atoms with E-state index in [0.29, 0.717) is 24.5 Å². The summed E-state index contributed by atoms with van der Waals surface area (Å²) >= 11 is 0. The number of fused-ring (bicyclic) bond motifs is 1. The number of aromatic nitrogens is 4. The fraction of sp³-hybridized carbons (Fsp3) is 0.333. The van der Waals surface area contributed by atoms with Crippen LogP contribution in [-0.4, -0.2) is 48.6 Å². The lowest BCUT2D eigenvalue weighted by Gasteiger charge is -2.31. The van der Waals surface area contributed by atoms with Crippen molar-refractivity contribution in [1.29, 1.82) is 0 Å². The molecule has 0 bridgehead atoms. The van der Waals surface area contributed by atoms with Crippen molar-refractivity contribution < 1.29 is 9.72 Å². The fourth-order valence-electron chi connectivity index (χ4n) is 3.46. The van der Waals surface area contributed by atoms with Crippen molar-refractivity contribution in [1.82, 2.24) is 24.6 Å². The lowest BCUT2D eigenvalue weighted by Crippen LogP contribution is -2.41. The van der Waals surface area contributed by atoms with Gasteiger partial charge in [0.1, 0.15) is 0 Å². The predicted octanol–water partition coefficient (Wildman–Crippen LogP) is 2.04. The molecule has 1 aliphatic rings. The highest BCUT2D eigenvalue weighted by Gasteiger charge is 2.26. The van der Waals surface area contributed by atoms with E-state index in [1.807, 2.05) is 0 Å². The first-order valence-corrected chi connectivity index (χ1v) is 8.99. The number of non-ortho nitro benzene ring substituents is 1. The zero-order valence-corrected chi connectivity index (χ0v) is 15.1. The fourth-order valence-corrected chi connectivity index (χ4v) is 3.46. The molecule has 4 rings (SSSR count). The Hall–Kier alpha value is -3.40. The van der Waals surface area contributed by atoms with Crippen molar-refractivity contribution >= 4 is 28.3 Å². The number of anilines is 1. The van der Waals surface area contributed by atoms with Gasteiger partial charge in [0.15, 0.2) is 5.82 Å². The molecule has 0 radical (unpaired) electrons. The maximum absolute atomic E-state index is 12.5. The summed E-state index contributed by atoms with van der Waals surface area (Å²) in [5.41, 5.74) is 0.745. The lowest BCUT2D eigenvalue weighted by atomic mass is 9.97. The van der Waals surface area contributed by atoms with Gasteiger partial charge in [0.2, 0.25) is 5.91 Å². The number of hydrogen-bond donors (Lipinski definition) is 1. The monoisotopic (exact) mass is 381 g/mol. The number of nitrogens with zero attached hydrogens (tertiary/aromatic N) is 6. The molecule has 1 N–H and O–H groups in total. The molecule has 1 aliphatic heterocycles. The number of rotatable bonds is 5. The molecular formula is C18H19N7O3. The molecule has 1 amide bonds. The molecule has 1 saturated heterocycles. The normalized spacial score (nSPS) is 17.5. The van der Waals surface area contributed by atoms with E-state index in [0.717, 1.165) is 24.8 Å². The van der Waals surface area contributed by atoms with Crippen LogP contribution < -0.4 is 5.32 Å². The van der Waals surface area contributed by atoms with Crippen LogP contribution in [0.5, 0.6) is 0 Å². The van der Waals surface area contributed by atoms with Gasteiger partial charge in [-0.15, -0.1) is 0 Å². The molecule has 0 saturated carbocycles. The van der Waals surface area contributed by atoms with Crippen molar-refractivity contribution in [3.8, 4) is 0 Å². The van der Waals surface area contributed by atoms with Crippen LogP contribution in [0, 0.1) is 16.0 Å². The number of hydrogen-bond acceptors (Lipinski definition) is 7. The Labute approximate surface area is 160 Å². The van der Waals surface area contributed by atoms with Crippen LogP contribution in [0.3, 0.4) is 0 Å². The van der Waals surface area contributed by atoms with E-state index < -0.39 is 4.92 Å². The summed E-state index contributed by atoms with van der Waals surface area (Å²) in [4.78, 5) is 33.3. The van der Waals surface area contributed by atoms with Crippen LogP contribution in [-0.2, 0) is 11.5 Å². The maximum atomic E-state index is 12.5. The molecule has 10 nitrogen and oxygen atoms in total. The van der Waals surface area contributed by atoms with E-state index in [9.17, 15) is 14.9 Å². The summed E-state index contributed by atoms with van der Waals surface area (Å²) in [6.45, 7) is 1.90. The van der Waals surface area contributed by atoms with E-state index in [4.69, 9.17) is 0 Å². The van der Waals surface area contributed by atoms with Crippen molar-refractivity contribution in [2.24, 2.45) is 5.92 Å². The number of likely N-dealkylation sites (tertiary alicyclic amines) is 1. The molecule has 0 aliphatic carbocycles. The summed E-state index contributed by atoms with van der Waals surface area (Å²) in [6.07, 6.45) is 7.98. The second-order valence-electron chi connectivity index (χ2n) is 6.78. The lowest BCUT2D eigenvalue weighted by molar-refractivity contribution is -0.384. The smallest absolute Gasteiger partial charge is 0.271 e. The van der Waals surface area contributed by atoms with Crippen molar-refractivity contribution in [2.75, 3.05) is 18.4 Å². The second-order valence-corrected chi connectivity index (χ2v) is 6.78. The van der Waals surface area contributed by atoms with Gasteiger partial charge in [0.05, 0.1) is 35.4 Å². The molecule has 10 heteroatoms. The van der Waals surface area contributed by atoms with Crippen LogP contribution in [0.1, 0.15) is 12.8 Å². The van der Waals surface area contributed by atoms with Gasteiger partial charge in [-0.25, -0.2) is 4.98 Å². The number of nitrogens with one attached hydrogen (secondary N) is 1. The summed E-state index contributed by atoms with van der Waals surface area (Å²) in [5.74, 6) is 0.202.